The van der Waals surface area contributed by atoms with Crippen LogP contribution in [0.25, 0.3) is 11.1 Å². The van der Waals surface area contributed by atoms with E-state index >= 15 is 0 Å². The third kappa shape index (κ3) is 3.67. The maximum absolute atomic E-state index is 12.9. The first-order chi connectivity index (χ1) is 13.8. The molecule has 6 nitrogen and oxygen atoms in total. The Bertz CT molecular complexity index is 936. The van der Waals surface area contributed by atoms with Crippen molar-refractivity contribution in [2.24, 2.45) is 0 Å². The Morgan fingerprint density at radius 2 is 1.57 bits per heavy atom. The molecule has 0 N–H and O–H groups in total. The van der Waals surface area contributed by atoms with E-state index in [2.05, 4.69) is 14.9 Å². The first-order valence-corrected chi connectivity index (χ1v) is 9.29. The number of hydrogen-bond donors (Lipinski definition) is 0. The highest BCUT2D eigenvalue weighted by atomic mass is 16.5. The van der Waals surface area contributed by atoms with Crippen LogP contribution in [0.3, 0.4) is 0 Å². The van der Waals surface area contributed by atoms with Gasteiger partial charge in [0.2, 0.25) is 0 Å². The highest BCUT2D eigenvalue weighted by Crippen LogP contribution is 2.29. The molecule has 1 aromatic carbocycles. The molecule has 142 valence electrons. The monoisotopic (exact) mass is 374 g/mol. The van der Waals surface area contributed by atoms with Crippen LogP contribution in [-0.4, -0.2) is 54.1 Å². The topological polar surface area (TPSA) is 58.6 Å². The van der Waals surface area contributed by atoms with Crippen molar-refractivity contribution >= 4 is 11.6 Å². The van der Waals surface area contributed by atoms with E-state index in [1.165, 1.54) is 0 Å². The van der Waals surface area contributed by atoms with E-state index in [1.54, 1.807) is 31.9 Å². The van der Waals surface area contributed by atoms with Gasteiger partial charge in [-0.25, -0.2) is 0 Å². The van der Waals surface area contributed by atoms with E-state index in [0.717, 1.165) is 29.9 Å². The van der Waals surface area contributed by atoms with Crippen molar-refractivity contribution in [3.05, 3.63) is 72.8 Å². The number of carbonyl (C=O) groups excluding carboxylic acids is 1. The van der Waals surface area contributed by atoms with Crippen molar-refractivity contribution in [1.29, 1.82) is 0 Å². The van der Waals surface area contributed by atoms with Crippen molar-refractivity contribution in [2.75, 3.05) is 38.2 Å². The highest BCUT2D eigenvalue weighted by Gasteiger charge is 2.22. The van der Waals surface area contributed by atoms with Crippen LogP contribution in [0.5, 0.6) is 5.75 Å². The van der Waals surface area contributed by atoms with Gasteiger partial charge in [0.15, 0.2) is 0 Å². The molecule has 0 radical (unpaired) electrons. The summed E-state index contributed by atoms with van der Waals surface area (Å²) < 4.78 is 5.37. The van der Waals surface area contributed by atoms with Crippen molar-refractivity contribution in [3.63, 3.8) is 0 Å². The fraction of sp³-hybridized carbons (Fsp3) is 0.227. The molecule has 0 bridgehead atoms. The van der Waals surface area contributed by atoms with Crippen LogP contribution in [0, 0.1) is 0 Å². The number of methoxy groups -OCH3 is 1. The molecule has 0 unspecified atom stereocenters. The van der Waals surface area contributed by atoms with Gasteiger partial charge in [0.25, 0.3) is 5.91 Å². The van der Waals surface area contributed by atoms with E-state index in [9.17, 15) is 4.79 Å². The molecule has 1 aliphatic rings. The lowest BCUT2D eigenvalue weighted by Gasteiger charge is -2.36. The molecular formula is C22H22N4O2. The maximum atomic E-state index is 12.9. The minimum absolute atomic E-state index is 0.0719. The van der Waals surface area contributed by atoms with Crippen LogP contribution in [0.4, 0.5) is 5.69 Å². The lowest BCUT2D eigenvalue weighted by molar-refractivity contribution is 0.0747. The number of pyridine rings is 2. The second kappa shape index (κ2) is 8.08. The average Bonchev–Trinajstić information content (AvgIpc) is 2.79. The molecule has 3 aromatic rings. The predicted octanol–water partition coefficient (Wildman–Crippen LogP) is 3.11. The predicted molar refractivity (Wildman–Crippen MR) is 109 cm³/mol. The zero-order valence-electron chi connectivity index (χ0n) is 15.8. The number of amides is 1. The molecule has 1 aliphatic heterocycles. The van der Waals surface area contributed by atoms with E-state index < -0.39 is 0 Å². The zero-order valence-corrected chi connectivity index (χ0v) is 15.8. The number of rotatable bonds is 4. The summed E-state index contributed by atoms with van der Waals surface area (Å²) in [5, 5.41) is 0. The molecule has 0 saturated carbocycles. The molecule has 0 atom stereocenters. The van der Waals surface area contributed by atoms with Gasteiger partial charge < -0.3 is 14.5 Å². The molecular weight excluding hydrogens is 352 g/mol. The molecule has 2 aromatic heterocycles. The lowest BCUT2D eigenvalue weighted by Crippen LogP contribution is -2.48. The van der Waals surface area contributed by atoms with Gasteiger partial charge in [-0.3, -0.25) is 14.8 Å². The molecule has 6 heteroatoms. The van der Waals surface area contributed by atoms with Crippen molar-refractivity contribution in [1.82, 2.24) is 14.9 Å². The van der Waals surface area contributed by atoms with Crippen LogP contribution in [-0.2, 0) is 0 Å². The first kappa shape index (κ1) is 18.0. The smallest absolute Gasteiger partial charge is 0.253 e. The first-order valence-electron chi connectivity index (χ1n) is 9.29. The number of benzene rings is 1. The lowest BCUT2D eigenvalue weighted by atomic mass is 10.0. The van der Waals surface area contributed by atoms with Crippen LogP contribution >= 0.6 is 0 Å². The third-order valence-electron chi connectivity index (χ3n) is 5.04. The molecule has 4 rings (SSSR count). The molecule has 1 saturated heterocycles. The minimum Gasteiger partial charge on any atom is -0.494 e. The third-order valence-corrected chi connectivity index (χ3v) is 5.04. The SMILES string of the molecule is COc1cnccc1-c1ccc(C(=O)N2CCN(c3ccncc3)CC2)cc1. The fourth-order valence-corrected chi connectivity index (χ4v) is 3.48. The number of nitrogens with zero attached hydrogens (tertiary/aromatic N) is 4. The Balaban J connectivity index is 1.43. The molecule has 1 amide bonds. The summed E-state index contributed by atoms with van der Waals surface area (Å²) in [4.78, 5) is 25.2. The van der Waals surface area contributed by atoms with E-state index in [4.69, 9.17) is 4.74 Å². The van der Waals surface area contributed by atoms with Crippen LogP contribution < -0.4 is 9.64 Å². The van der Waals surface area contributed by atoms with Gasteiger partial charge in [0, 0.05) is 61.6 Å². The van der Waals surface area contributed by atoms with Crippen LogP contribution in [0.1, 0.15) is 10.4 Å². The number of anilines is 1. The Hall–Kier alpha value is -3.41. The molecule has 0 aliphatic carbocycles. The van der Waals surface area contributed by atoms with Crippen molar-refractivity contribution < 1.29 is 9.53 Å². The van der Waals surface area contributed by atoms with Gasteiger partial charge in [0.05, 0.1) is 13.3 Å². The van der Waals surface area contributed by atoms with Gasteiger partial charge in [-0.15, -0.1) is 0 Å². The van der Waals surface area contributed by atoms with Gasteiger partial charge in [-0.2, -0.15) is 0 Å². The Morgan fingerprint density at radius 1 is 0.893 bits per heavy atom. The second-order valence-corrected chi connectivity index (χ2v) is 6.64. The molecule has 3 heterocycles. The Kier molecular flexibility index (Phi) is 5.19. The highest BCUT2D eigenvalue weighted by molar-refractivity contribution is 5.95. The summed E-state index contributed by atoms with van der Waals surface area (Å²) in [6, 6.07) is 13.6. The fourth-order valence-electron chi connectivity index (χ4n) is 3.48. The molecule has 1 fully saturated rings. The molecule has 0 spiro atoms. The van der Waals surface area contributed by atoms with Crippen molar-refractivity contribution in [2.45, 2.75) is 0 Å². The number of piperazine rings is 1. The molecule has 28 heavy (non-hydrogen) atoms. The van der Waals surface area contributed by atoms with Crippen LogP contribution in [0.2, 0.25) is 0 Å². The van der Waals surface area contributed by atoms with E-state index in [1.807, 2.05) is 47.4 Å². The number of ether oxygens (including phenoxy) is 1. The van der Waals surface area contributed by atoms with E-state index in [-0.39, 0.29) is 5.91 Å². The van der Waals surface area contributed by atoms with E-state index in [0.29, 0.717) is 24.4 Å². The summed E-state index contributed by atoms with van der Waals surface area (Å²) in [7, 11) is 1.63. The Labute approximate surface area is 164 Å². The summed E-state index contributed by atoms with van der Waals surface area (Å²) >= 11 is 0. The minimum atomic E-state index is 0.0719. The standard InChI is InChI=1S/C22H22N4O2/c1-28-21-16-24-11-8-20(21)17-2-4-18(5-3-17)22(27)26-14-12-25(13-15-26)19-6-9-23-10-7-19/h2-11,16H,12-15H2,1H3. The summed E-state index contributed by atoms with van der Waals surface area (Å²) in [5.41, 5.74) is 3.81. The van der Waals surface area contributed by atoms with Gasteiger partial charge >= 0.3 is 0 Å². The van der Waals surface area contributed by atoms with Gasteiger partial charge in [-0.1, -0.05) is 12.1 Å². The second-order valence-electron chi connectivity index (χ2n) is 6.64. The zero-order chi connectivity index (χ0) is 19.3. The largest absolute Gasteiger partial charge is 0.494 e. The summed E-state index contributed by atoms with van der Waals surface area (Å²) in [6.07, 6.45) is 7.02. The summed E-state index contributed by atoms with van der Waals surface area (Å²) in [6.45, 7) is 3.06. The normalized spacial score (nSPS) is 14.0. The number of hydrogen-bond acceptors (Lipinski definition) is 5. The number of aromatic nitrogens is 2. The van der Waals surface area contributed by atoms with Crippen molar-refractivity contribution in [3.8, 4) is 16.9 Å². The Morgan fingerprint density at radius 3 is 2.25 bits per heavy atom. The quantitative estimate of drug-likeness (QED) is 0.702. The van der Waals surface area contributed by atoms with Gasteiger partial charge in [0.1, 0.15) is 5.75 Å². The van der Waals surface area contributed by atoms with Crippen LogP contribution in [0.15, 0.2) is 67.3 Å². The maximum Gasteiger partial charge on any atom is 0.253 e. The van der Waals surface area contributed by atoms with Gasteiger partial charge in [-0.05, 0) is 35.9 Å². The number of carbonyl (C=O) groups is 1. The summed E-state index contributed by atoms with van der Waals surface area (Å²) in [5.74, 6) is 0.788. The average molecular weight is 374 g/mol.